The van der Waals surface area contributed by atoms with Gasteiger partial charge in [-0.05, 0) is 120 Å². The van der Waals surface area contributed by atoms with Crippen LogP contribution in [0.3, 0.4) is 0 Å². The van der Waals surface area contributed by atoms with E-state index in [0.29, 0.717) is 0 Å². The molecule has 0 unspecified atom stereocenters. The normalized spacial score (nSPS) is 12.8. The van der Waals surface area contributed by atoms with Crippen LogP contribution >= 0.6 is 0 Å². The molecule has 0 spiro atoms. The van der Waals surface area contributed by atoms with Crippen molar-refractivity contribution in [3.05, 3.63) is 326 Å². The molecule has 3 heteroatoms. The lowest BCUT2D eigenvalue weighted by Crippen LogP contribution is -2.74. The Balaban J connectivity index is 0.901. The van der Waals surface area contributed by atoms with E-state index in [-0.39, 0.29) is 0 Å². The van der Waals surface area contributed by atoms with Gasteiger partial charge in [-0.3, -0.25) is 0 Å². The highest BCUT2D eigenvalue weighted by atomic mass is 28.3. The van der Waals surface area contributed by atoms with Crippen LogP contribution < -0.4 is 20.7 Å². The summed E-state index contributed by atoms with van der Waals surface area (Å²) >= 11 is 0. The molecule has 0 saturated carbocycles. The summed E-state index contributed by atoms with van der Waals surface area (Å²) in [6.45, 7) is 0. The third kappa shape index (κ3) is 6.40. The summed E-state index contributed by atoms with van der Waals surface area (Å²) in [5, 5.41) is 10.3. The molecule has 1 aliphatic carbocycles. The van der Waals surface area contributed by atoms with E-state index < -0.39 is 13.5 Å². The molecule has 0 radical (unpaired) electrons. The first kappa shape index (κ1) is 44.0. The smallest absolute Gasteiger partial charge is 0.179 e. The predicted octanol–water partition coefficient (Wildman–Crippen LogP) is 15.3. The molecule has 15 rings (SSSR count). The van der Waals surface area contributed by atoms with E-state index >= 15 is 0 Å². The number of nitrogens with zero attached hydrogens (tertiary/aromatic N) is 2. The fourth-order valence-electron chi connectivity index (χ4n) is 13.5. The minimum Gasteiger partial charge on any atom is -0.309 e. The molecule has 0 aliphatic heterocycles. The number of rotatable bonds is 9. The van der Waals surface area contributed by atoms with Gasteiger partial charge in [0.2, 0.25) is 0 Å². The first-order chi connectivity index (χ1) is 37.7. The molecule has 2 heterocycles. The second kappa shape index (κ2) is 17.6. The van der Waals surface area contributed by atoms with Gasteiger partial charge in [-0.25, -0.2) is 0 Å². The topological polar surface area (TPSA) is 9.86 Å². The first-order valence-electron chi connectivity index (χ1n) is 26.4. The largest absolute Gasteiger partial charge is 0.309 e. The third-order valence-electron chi connectivity index (χ3n) is 16.5. The van der Waals surface area contributed by atoms with Gasteiger partial charge in [0.25, 0.3) is 0 Å². The Kier molecular flexibility index (Phi) is 10.2. The number of hydrogen-bond donors (Lipinski definition) is 0. The number of aromatic nitrogens is 2. The van der Waals surface area contributed by atoms with Crippen molar-refractivity contribution in [1.29, 1.82) is 0 Å². The summed E-state index contributed by atoms with van der Waals surface area (Å²) in [6, 6.07) is 113. The number of hydrogen-bond acceptors (Lipinski definition) is 0. The lowest BCUT2D eigenvalue weighted by Gasteiger charge is -2.34. The van der Waals surface area contributed by atoms with Gasteiger partial charge in [0, 0.05) is 32.9 Å². The third-order valence-corrected chi connectivity index (χ3v) is 21.3. The Hall–Kier alpha value is -9.54. The quantitative estimate of drug-likeness (QED) is 0.101. The van der Waals surface area contributed by atoms with Crippen LogP contribution in [0.5, 0.6) is 0 Å². The maximum atomic E-state index is 2.48. The molecule has 356 valence electrons. The molecule has 0 N–H and O–H groups in total. The van der Waals surface area contributed by atoms with Crippen LogP contribution in [0.15, 0.2) is 303 Å². The van der Waals surface area contributed by atoms with E-state index in [1.807, 2.05) is 0 Å². The van der Waals surface area contributed by atoms with Gasteiger partial charge in [0.15, 0.2) is 8.07 Å². The van der Waals surface area contributed by atoms with E-state index in [0.717, 1.165) is 11.4 Å². The average Bonchev–Trinajstić information content (AvgIpc) is 4.17. The minimum atomic E-state index is -2.77. The summed E-state index contributed by atoms with van der Waals surface area (Å²) in [7, 11) is -2.77. The molecule has 2 nitrogen and oxygen atoms in total. The Labute approximate surface area is 443 Å². The Morgan fingerprint density at radius 2 is 0.684 bits per heavy atom. The van der Waals surface area contributed by atoms with E-state index in [1.165, 1.54) is 109 Å². The monoisotopic (exact) mass is 982 g/mol. The standard InChI is InChI=1S/C73H50N2Si/c1-6-24-52(25-7-1)73(53-26-8-2-9-27-53)66-40-19-16-38-63(66)72-60(39-23-41-67(72)73)51-44-46-70-64(48-51)61-36-17-20-42-68(61)75(70)55-45-47-71-65(50-55)62-37-18-21-43-69(62)74(71)54-28-22-35-59(49-54)76(56-29-10-3-11-30-56,57-31-12-4-13-32-57)58-33-14-5-15-34-58/h1-50H. The molecule has 0 saturated heterocycles. The number of benzene rings is 12. The Bertz CT molecular complexity index is 4360. The molecule has 0 fully saturated rings. The van der Waals surface area contributed by atoms with Crippen LogP contribution in [-0.2, 0) is 5.41 Å². The zero-order valence-electron chi connectivity index (χ0n) is 41.8. The maximum absolute atomic E-state index is 2.77. The van der Waals surface area contributed by atoms with Crippen molar-refractivity contribution in [2.75, 3.05) is 0 Å². The van der Waals surface area contributed by atoms with Crippen molar-refractivity contribution in [2.24, 2.45) is 0 Å². The SMILES string of the molecule is c1ccc(C2(c3ccccc3)c3ccccc3-c3c(-c4ccc5c(c4)c4ccccc4n5-c4ccc5c(c4)c4ccccc4n5-c4cccc([Si](c5ccccc5)(c5ccccc5)c5ccccc5)c4)cccc32)cc1. The Morgan fingerprint density at radius 3 is 1.28 bits per heavy atom. The van der Waals surface area contributed by atoms with E-state index in [9.17, 15) is 0 Å². The van der Waals surface area contributed by atoms with Gasteiger partial charge in [0.1, 0.15) is 0 Å². The van der Waals surface area contributed by atoms with Crippen molar-refractivity contribution < 1.29 is 0 Å². The zero-order chi connectivity index (χ0) is 50.2. The van der Waals surface area contributed by atoms with E-state index in [2.05, 4.69) is 312 Å². The van der Waals surface area contributed by atoms with E-state index in [4.69, 9.17) is 0 Å². The second-order valence-corrected chi connectivity index (χ2v) is 24.1. The van der Waals surface area contributed by atoms with Crippen LogP contribution in [0.2, 0.25) is 0 Å². The number of fused-ring (bicyclic) bond motifs is 9. The van der Waals surface area contributed by atoms with Crippen LogP contribution in [0.25, 0.3) is 77.2 Å². The van der Waals surface area contributed by atoms with Gasteiger partial charge < -0.3 is 9.13 Å². The molecule has 0 atom stereocenters. The second-order valence-electron chi connectivity index (χ2n) is 20.3. The van der Waals surface area contributed by atoms with Crippen molar-refractivity contribution >= 4 is 72.4 Å². The highest BCUT2D eigenvalue weighted by Gasteiger charge is 2.47. The molecule has 0 amide bonds. The van der Waals surface area contributed by atoms with Crippen LogP contribution in [0.4, 0.5) is 0 Å². The van der Waals surface area contributed by atoms with Crippen LogP contribution in [0.1, 0.15) is 22.3 Å². The van der Waals surface area contributed by atoms with Crippen molar-refractivity contribution in [1.82, 2.24) is 9.13 Å². The van der Waals surface area contributed by atoms with Crippen molar-refractivity contribution in [2.45, 2.75) is 5.41 Å². The lowest BCUT2D eigenvalue weighted by atomic mass is 9.67. The molecule has 12 aromatic carbocycles. The highest BCUT2D eigenvalue weighted by Crippen LogP contribution is 2.58. The highest BCUT2D eigenvalue weighted by molar-refractivity contribution is 7.19. The molecule has 1 aliphatic rings. The minimum absolute atomic E-state index is 0.464. The van der Waals surface area contributed by atoms with Gasteiger partial charge in [-0.1, -0.05) is 249 Å². The van der Waals surface area contributed by atoms with Gasteiger partial charge in [-0.2, -0.15) is 0 Å². The van der Waals surface area contributed by atoms with Gasteiger partial charge >= 0.3 is 0 Å². The van der Waals surface area contributed by atoms with E-state index in [1.54, 1.807) is 0 Å². The summed E-state index contributed by atoms with van der Waals surface area (Å²) < 4.78 is 4.96. The van der Waals surface area contributed by atoms with Crippen LogP contribution in [-0.4, -0.2) is 17.2 Å². The fourth-order valence-corrected chi connectivity index (χ4v) is 18.3. The fraction of sp³-hybridized carbons (Fsp3) is 0.0137. The predicted molar refractivity (Wildman–Crippen MR) is 321 cm³/mol. The van der Waals surface area contributed by atoms with Crippen LogP contribution in [0, 0.1) is 0 Å². The maximum Gasteiger partial charge on any atom is 0.179 e. The number of para-hydroxylation sites is 2. The lowest BCUT2D eigenvalue weighted by molar-refractivity contribution is 0.768. The molecule has 2 aromatic heterocycles. The zero-order valence-corrected chi connectivity index (χ0v) is 42.8. The van der Waals surface area contributed by atoms with Gasteiger partial charge in [-0.15, -0.1) is 0 Å². The average molecular weight is 983 g/mol. The van der Waals surface area contributed by atoms with Crippen molar-refractivity contribution in [3.8, 4) is 33.6 Å². The Morgan fingerprint density at radius 1 is 0.263 bits per heavy atom. The summed E-state index contributed by atoms with van der Waals surface area (Å²) in [5.74, 6) is 0. The first-order valence-corrected chi connectivity index (χ1v) is 28.4. The molecule has 0 bridgehead atoms. The molecule has 76 heavy (non-hydrogen) atoms. The molecular formula is C73H50N2Si. The molecular weight excluding hydrogens is 933 g/mol. The summed E-state index contributed by atoms with van der Waals surface area (Å²) in [4.78, 5) is 0. The summed E-state index contributed by atoms with van der Waals surface area (Å²) in [6.07, 6.45) is 0. The van der Waals surface area contributed by atoms with Gasteiger partial charge in [0.05, 0.1) is 27.5 Å². The molecule has 14 aromatic rings. The van der Waals surface area contributed by atoms with Crippen molar-refractivity contribution in [3.63, 3.8) is 0 Å². The summed E-state index contributed by atoms with van der Waals surface area (Å²) in [5.41, 5.74) is 16.8.